The summed E-state index contributed by atoms with van der Waals surface area (Å²) in [5.74, 6) is -0.486. The van der Waals surface area contributed by atoms with Gasteiger partial charge >= 0.3 is 5.97 Å². The van der Waals surface area contributed by atoms with E-state index in [9.17, 15) is 9.59 Å². The van der Waals surface area contributed by atoms with Gasteiger partial charge in [-0.15, -0.1) is 11.3 Å². The lowest BCUT2D eigenvalue weighted by Crippen LogP contribution is -2.30. The van der Waals surface area contributed by atoms with Gasteiger partial charge in [0, 0.05) is 17.0 Å². The van der Waals surface area contributed by atoms with Crippen LogP contribution in [0.2, 0.25) is 0 Å². The van der Waals surface area contributed by atoms with E-state index in [0.29, 0.717) is 25.8 Å². The third-order valence-electron chi connectivity index (χ3n) is 4.39. The first-order valence-electron chi connectivity index (χ1n) is 8.75. The molecule has 0 bridgehead atoms. The molecule has 7 nitrogen and oxygen atoms in total. The monoisotopic (exact) mass is 388 g/mol. The molecule has 0 saturated heterocycles. The summed E-state index contributed by atoms with van der Waals surface area (Å²) in [7, 11) is 1.34. The third-order valence-corrected chi connectivity index (χ3v) is 5.38. The van der Waals surface area contributed by atoms with Crippen LogP contribution in [0.15, 0.2) is 17.5 Å². The van der Waals surface area contributed by atoms with Gasteiger partial charge in [0.15, 0.2) is 0 Å². The van der Waals surface area contributed by atoms with E-state index in [4.69, 9.17) is 10.00 Å². The minimum absolute atomic E-state index is 0.104. The summed E-state index contributed by atoms with van der Waals surface area (Å²) < 4.78 is 6.55. The van der Waals surface area contributed by atoms with Crippen molar-refractivity contribution in [2.24, 2.45) is 0 Å². The van der Waals surface area contributed by atoms with Crippen molar-refractivity contribution in [3.05, 3.63) is 39.3 Å². The average molecular weight is 388 g/mol. The molecule has 1 unspecified atom stereocenters. The third kappa shape index (κ3) is 5.66. The quantitative estimate of drug-likeness (QED) is 0.666. The van der Waals surface area contributed by atoms with Crippen molar-refractivity contribution in [3.63, 3.8) is 0 Å². The molecule has 0 aliphatic heterocycles. The molecule has 0 radical (unpaired) electrons. The highest BCUT2D eigenvalue weighted by molar-refractivity contribution is 7.10. The summed E-state index contributed by atoms with van der Waals surface area (Å²) in [6.07, 6.45) is 1.37. The number of carbonyl (C=O) groups excluding carboxylic acids is 2. The van der Waals surface area contributed by atoms with E-state index in [1.165, 1.54) is 18.4 Å². The SMILES string of the molecule is COC(=O)CC(NC(=O)CCc1c(C)nn(CCC#N)c1C)c1cccs1. The van der Waals surface area contributed by atoms with Gasteiger partial charge in [0.2, 0.25) is 5.91 Å². The number of rotatable bonds is 9. The first-order valence-corrected chi connectivity index (χ1v) is 9.63. The number of methoxy groups -OCH3 is 1. The number of thiophene rings is 1. The Morgan fingerprint density at radius 3 is 2.85 bits per heavy atom. The normalized spacial score (nSPS) is 11.6. The van der Waals surface area contributed by atoms with Crippen molar-refractivity contribution in [1.29, 1.82) is 5.26 Å². The molecule has 2 rings (SSSR count). The summed E-state index contributed by atoms with van der Waals surface area (Å²) in [4.78, 5) is 25.0. The molecule has 1 amide bonds. The molecule has 0 aromatic carbocycles. The highest BCUT2D eigenvalue weighted by atomic mass is 32.1. The van der Waals surface area contributed by atoms with Crippen LogP contribution < -0.4 is 5.32 Å². The van der Waals surface area contributed by atoms with E-state index in [1.54, 1.807) is 0 Å². The van der Waals surface area contributed by atoms with E-state index in [1.807, 2.05) is 36.0 Å². The zero-order chi connectivity index (χ0) is 19.8. The van der Waals surface area contributed by atoms with Crippen LogP contribution in [-0.2, 0) is 27.3 Å². The zero-order valence-electron chi connectivity index (χ0n) is 15.8. The Bertz CT molecular complexity index is 821. The molecule has 2 heterocycles. The molecule has 144 valence electrons. The standard InChI is InChI=1S/C19H24N4O3S/c1-13-15(14(2)23(22-13)10-5-9-20)7-8-18(24)21-16(12-19(25)26-3)17-6-4-11-27-17/h4,6,11,16H,5,7-8,10,12H2,1-3H3,(H,21,24). The van der Waals surface area contributed by atoms with Crippen LogP contribution in [0.1, 0.15) is 47.1 Å². The lowest BCUT2D eigenvalue weighted by Gasteiger charge is -2.16. The fourth-order valence-electron chi connectivity index (χ4n) is 2.94. The molecule has 2 aromatic heterocycles. The number of nitriles is 1. The number of nitrogens with one attached hydrogen (secondary N) is 1. The van der Waals surface area contributed by atoms with Gasteiger partial charge in [-0.2, -0.15) is 10.4 Å². The second kappa shape index (κ2) is 9.88. The molecular weight excluding hydrogens is 364 g/mol. The van der Waals surface area contributed by atoms with Crippen molar-refractivity contribution < 1.29 is 14.3 Å². The Kier molecular flexibility index (Phi) is 7.55. The van der Waals surface area contributed by atoms with E-state index < -0.39 is 0 Å². The lowest BCUT2D eigenvalue weighted by atomic mass is 10.1. The summed E-state index contributed by atoms with van der Waals surface area (Å²) in [5, 5.41) is 18.0. The summed E-state index contributed by atoms with van der Waals surface area (Å²) >= 11 is 1.49. The largest absolute Gasteiger partial charge is 0.469 e. The maximum atomic E-state index is 12.5. The molecule has 0 fully saturated rings. The van der Waals surface area contributed by atoms with Crippen LogP contribution in [0.3, 0.4) is 0 Å². The fraction of sp³-hybridized carbons (Fsp3) is 0.474. The zero-order valence-corrected chi connectivity index (χ0v) is 16.6. The lowest BCUT2D eigenvalue weighted by molar-refractivity contribution is -0.141. The molecule has 8 heteroatoms. The number of aromatic nitrogens is 2. The fourth-order valence-corrected chi connectivity index (χ4v) is 3.71. The van der Waals surface area contributed by atoms with Gasteiger partial charge in [-0.25, -0.2) is 0 Å². The second-order valence-corrected chi connectivity index (χ2v) is 7.18. The van der Waals surface area contributed by atoms with Gasteiger partial charge in [-0.1, -0.05) is 6.07 Å². The van der Waals surface area contributed by atoms with Gasteiger partial charge in [-0.05, 0) is 37.3 Å². The van der Waals surface area contributed by atoms with Gasteiger partial charge in [0.1, 0.15) is 0 Å². The van der Waals surface area contributed by atoms with Gasteiger partial charge in [0.25, 0.3) is 0 Å². The average Bonchev–Trinajstić information content (AvgIpc) is 3.26. The summed E-state index contributed by atoms with van der Waals surface area (Å²) in [6, 6.07) is 5.51. The molecule has 1 N–H and O–H groups in total. The number of hydrogen-bond donors (Lipinski definition) is 1. The van der Waals surface area contributed by atoms with Gasteiger partial charge in [0.05, 0.1) is 44.3 Å². The van der Waals surface area contributed by atoms with Crippen LogP contribution in [-0.4, -0.2) is 28.8 Å². The minimum Gasteiger partial charge on any atom is -0.469 e. The number of aryl methyl sites for hydroxylation is 2. The minimum atomic E-state index is -0.384. The van der Waals surface area contributed by atoms with E-state index in [-0.39, 0.29) is 24.3 Å². The molecule has 0 aliphatic rings. The van der Waals surface area contributed by atoms with Crippen LogP contribution in [0.25, 0.3) is 0 Å². The Morgan fingerprint density at radius 2 is 2.22 bits per heavy atom. The predicted octanol–water partition coefficient (Wildman–Crippen LogP) is 2.83. The predicted molar refractivity (Wildman–Crippen MR) is 102 cm³/mol. The van der Waals surface area contributed by atoms with E-state index >= 15 is 0 Å². The second-order valence-electron chi connectivity index (χ2n) is 6.20. The Hall–Kier alpha value is -2.66. The van der Waals surface area contributed by atoms with Crippen molar-refractivity contribution in [2.75, 3.05) is 7.11 Å². The number of nitrogens with zero attached hydrogens (tertiary/aromatic N) is 3. The Labute approximate surface area is 162 Å². The van der Waals surface area contributed by atoms with Crippen molar-refractivity contribution in [3.8, 4) is 6.07 Å². The molecule has 1 atom stereocenters. The summed E-state index contributed by atoms with van der Waals surface area (Å²) in [6.45, 7) is 4.42. The van der Waals surface area contributed by atoms with Crippen LogP contribution >= 0.6 is 11.3 Å². The van der Waals surface area contributed by atoms with Crippen molar-refractivity contribution in [2.45, 2.75) is 52.1 Å². The Morgan fingerprint density at radius 1 is 1.44 bits per heavy atom. The highest BCUT2D eigenvalue weighted by Crippen LogP contribution is 2.23. The van der Waals surface area contributed by atoms with Gasteiger partial charge < -0.3 is 10.1 Å². The van der Waals surface area contributed by atoms with E-state index in [2.05, 4.69) is 16.5 Å². The van der Waals surface area contributed by atoms with E-state index in [0.717, 1.165) is 21.8 Å². The first kappa shape index (κ1) is 20.6. The highest BCUT2D eigenvalue weighted by Gasteiger charge is 2.20. The molecule has 0 saturated carbocycles. The molecule has 0 aliphatic carbocycles. The number of esters is 1. The first-order chi connectivity index (χ1) is 13.0. The number of ether oxygens (including phenoxy) is 1. The number of carbonyl (C=O) groups is 2. The van der Waals surface area contributed by atoms with Crippen LogP contribution in [0.5, 0.6) is 0 Å². The maximum Gasteiger partial charge on any atom is 0.307 e. The topological polar surface area (TPSA) is 97.0 Å². The molecular formula is C19H24N4O3S. The van der Waals surface area contributed by atoms with Crippen molar-refractivity contribution >= 4 is 23.2 Å². The van der Waals surface area contributed by atoms with Crippen LogP contribution in [0, 0.1) is 25.2 Å². The maximum absolute atomic E-state index is 12.5. The smallest absolute Gasteiger partial charge is 0.307 e. The summed E-state index contributed by atoms with van der Waals surface area (Å²) in [5.41, 5.74) is 2.89. The number of amides is 1. The number of hydrogen-bond acceptors (Lipinski definition) is 6. The Balaban J connectivity index is 1.99. The van der Waals surface area contributed by atoms with Crippen molar-refractivity contribution in [1.82, 2.24) is 15.1 Å². The van der Waals surface area contributed by atoms with Gasteiger partial charge in [-0.3, -0.25) is 14.3 Å². The molecule has 2 aromatic rings. The molecule has 27 heavy (non-hydrogen) atoms. The molecule has 0 spiro atoms. The van der Waals surface area contributed by atoms with Crippen LogP contribution in [0.4, 0.5) is 0 Å².